The molecule has 0 aliphatic carbocycles. The molecule has 1 heterocycles. The lowest BCUT2D eigenvalue weighted by molar-refractivity contribution is -0.406. The van der Waals surface area contributed by atoms with E-state index in [9.17, 15) is 44.7 Å². The van der Waals surface area contributed by atoms with Crippen molar-refractivity contribution in [3.05, 3.63) is 0 Å². The molecule has 1 aliphatic rings. The molecule has 0 aromatic carbocycles. The van der Waals surface area contributed by atoms with E-state index in [2.05, 4.69) is 0 Å². The first kappa shape index (κ1) is 24.7. The molecule has 1 unspecified atom stereocenters. The van der Waals surface area contributed by atoms with Crippen LogP contribution in [-0.2, 0) is 23.9 Å². The molecule has 0 aromatic heterocycles. The summed E-state index contributed by atoms with van der Waals surface area (Å²) in [5.41, 5.74) is -5.47. The van der Waals surface area contributed by atoms with Gasteiger partial charge in [-0.15, -0.1) is 12.4 Å². The molecule has 0 saturated carbocycles. The summed E-state index contributed by atoms with van der Waals surface area (Å²) in [5.74, 6) is -9.01. The van der Waals surface area contributed by atoms with Gasteiger partial charge in [-0.3, -0.25) is 24.9 Å². The van der Waals surface area contributed by atoms with Crippen LogP contribution in [0.1, 0.15) is 27.7 Å². The molecule has 0 spiro atoms. The number of carbonyl (C=O) groups excluding carboxylic acids is 4. The fourth-order valence-electron chi connectivity index (χ4n) is 2.95. The number of ketones is 4. The van der Waals surface area contributed by atoms with E-state index in [0.29, 0.717) is 20.8 Å². The molecule has 0 aromatic rings. The average molecular weight is 400 g/mol. The van der Waals surface area contributed by atoms with E-state index >= 15 is 0 Å². The topological polar surface area (TPSA) is 205 Å². The van der Waals surface area contributed by atoms with E-state index in [1.165, 1.54) is 0 Å². The van der Waals surface area contributed by atoms with E-state index in [-0.39, 0.29) is 12.4 Å². The molecule has 150 valence electrons. The van der Waals surface area contributed by atoms with Crippen molar-refractivity contribution in [3.8, 4) is 0 Å². The minimum atomic E-state index is -3.70. The van der Waals surface area contributed by atoms with E-state index in [0.717, 1.165) is 6.92 Å². The molecule has 1 aliphatic heterocycles. The fourth-order valence-corrected chi connectivity index (χ4v) is 2.95. The van der Waals surface area contributed by atoms with Gasteiger partial charge in [-0.1, -0.05) is 0 Å². The number of hydrogen-bond acceptors (Lipinski definition) is 11. The van der Waals surface area contributed by atoms with Gasteiger partial charge in [-0.25, -0.2) is 0 Å². The lowest BCUT2D eigenvalue weighted by Gasteiger charge is -2.59. The Morgan fingerprint density at radius 1 is 0.923 bits per heavy atom. The first-order chi connectivity index (χ1) is 11.0. The number of Topliss-reactive ketones (excluding diaryl/α,β-unsaturated/α-hetero) is 4. The van der Waals surface area contributed by atoms with E-state index in [4.69, 9.17) is 10.5 Å². The highest BCUT2D eigenvalue weighted by molar-refractivity contribution is 6.02. The quantitative estimate of drug-likeness (QED) is 0.248. The van der Waals surface area contributed by atoms with Crippen LogP contribution < -0.4 is 5.73 Å². The molecule has 1 saturated heterocycles. The minimum absolute atomic E-state index is 0. The Kier molecular flexibility index (Phi) is 6.66. The van der Waals surface area contributed by atoms with Crippen molar-refractivity contribution in [1.82, 2.24) is 0 Å². The van der Waals surface area contributed by atoms with Gasteiger partial charge in [0.1, 0.15) is 12.2 Å². The predicted molar refractivity (Wildman–Crippen MR) is 84.8 cm³/mol. The summed E-state index contributed by atoms with van der Waals surface area (Å²) in [6, 6.07) is 0. The first-order valence-corrected chi connectivity index (χ1v) is 7.11. The van der Waals surface area contributed by atoms with Gasteiger partial charge in [0, 0.05) is 6.92 Å². The van der Waals surface area contributed by atoms with Gasteiger partial charge in [-0.05, 0) is 20.8 Å². The smallest absolute Gasteiger partial charge is 0.274 e. The summed E-state index contributed by atoms with van der Waals surface area (Å²) in [5, 5.41) is 52.2. The summed E-state index contributed by atoms with van der Waals surface area (Å²) in [7, 11) is 0. The lowest BCUT2D eigenvalue weighted by atomic mass is 9.61. The molecule has 11 nitrogen and oxygen atoms in total. The Bertz CT molecular complexity index is 652. The molecular weight excluding hydrogens is 378 g/mol. The summed E-state index contributed by atoms with van der Waals surface area (Å²) < 4.78 is 4.77. The number of rotatable bonds is 5. The van der Waals surface area contributed by atoms with Gasteiger partial charge >= 0.3 is 0 Å². The normalized spacial score (nSPS) is 40.9. The van der Waals surface area contributed by atoms with Crippen molar-refractivity contribution in [3.63, 3.8) is 0 Å². The Morgan fingerprint density at radius 2 is 1.35 bits per heavy atom. The second kappa shape index (κ2) is 7.02. The van der Waals surface area contributed by atoms with Gasteiger partial charge in [0.15, 0.2) is 28.7 Å². The van der Waals surface area contributed by atoms with E-state index < -0.39 is 58.1 Å². The van der Waals surface area contributed by atoms with Crippen molar-refractivity contribution in [2.24, 2.45) is 5.73 Å². The van der Waals surface area contributed by atoms with Crippen LogP contribution in [-0.4, -0.2) is 83.6 Å². The zero-order valence-corrected chi connectivity index (χ0v) is 15.2. The van der Waals surface area contributed by atoms with Crippen LogP contribution in [0.3, 0.4) is 0 Å². The minimum Gasteiger partial charge on any atom is -0.382 e. The van der Waals surface area contributed by atoms with Crippen LogP contribution in [0.25, 0.3) is 0 Å². The van der Waals surface area contributed by atoms with Crippen molar-refractivity contribution in [2.45, 2.75) is 62.6 Å². The van der Waals surface area contributed by atoms with Gasteiger partial charge < -0.3 is 30.3 Å². The highest BCUT2D eigenvalue weighted by atomic mass is 35.5. The molecule has 0 amide bonds. The maximum absolute atomic E-state index is 12.1. The van der Waals surface area contributed by atoms with Crippen molar-refractivity contribution in [2.75, 3.05) is 0 Å². The third kappa shape index (κ3) is 2.72. The molecule has 12 heteroatoms. The highest BCUT2D eigenvalue weighted by Gasteiger charge is 2.82. The fraction of sp³-hybridized carbons (Fsp3) is 0.714. The van der Waals surface area contributed by atoms with Gasteiger partial charge in [-0.2, -0.15) is 0 Å². The van der Waals surface area contributed by atoms with Crippen LogP contribution >= 0.6 is 12.4 Å². The summed E-state index contributed by atoms with van der Waals surface area (Å²) >= 11 is 0. The first-order valence-electron chi connectivity index (χ1n) is 7.11. The predicted octanol–water partition coefficient (Wildman–Crippen LogP) is -3.68. The number of nitrogens with two attached hydrogens (primary N) is 1. The Balaban J connectivity index is 0.00000625. The molecule has 0 radical (unpaired) electrons. The third-order valence-electron chi connectivity index (χ3n) is 4.56. The van der Waals surface area contributed by atoms with Crippen LogP contribution in [0.4, 0.5) is 0 Å². The average Bonchev–Trinajstić information content (AvgIpc) is 2.47. The van der Waals surface area contributed by atoms with E-state index in [1.54, 1.807) is 0 Å². The number of hydrogen-bond donors (Lipinski definition) is 6. The molecule has 7 N–H and O–H groups in total. The van der Waals surface area contributed by atoms with Crippen LogP contribution in [0.5, 0.6) is 0 Å². The molecule has 0 bridgehead atoms. The van der Waals surface area contributed by atoms with Crippen molar-refractivity contribution < 1.29 is 49.4 Å². The van der Waals surface area contributed by atoms with Crippen LogP contribution in [0.15, 0.2) is 0 Å². The number of aliphatic hydroxyl groups is 5. The van der Waals surface area contributed by atoms with E-state index in [1.807, 2.05) is 0 Å². The van der Waals surface area contributed by atoms with Gasteiger partial charge in [0.05, 0.1) is 0 Å². The molecule has 26 heavy (non-hydrogen) atoms. The maximum atomic E-state index is 12.1. The SMILES string of the molecule is CC(=O)C(O)[C@H]1O[C@@](O)(C(C)=O)[C@](N)(O)[C@](O)(C(C)=O)[C@@]1(O)C(C)=O.Cl. The molecular formula is C14H22ClNO10. The highest BCUT2D eigenvalue weighted by Crippen LogP contribution is 2.48. The Morgan fingerprint density at radius 3 is 1.62 bits per heavy atom. The Labute approximate surface area is 154 Å². The largest absolute Gasteiger partial charge is 0.382 e. The lowest BCUT2D eigenvalue weighted by Crippen LogP contribution is -2.92. The monoisotopic (exact) mass is 399 g/mol. The number of aliphatic hydroxyl groups excluding tert-OH is 1. The number of ether oxygens (including phenoxy) is 1. The Hall–Kier alpha value is -1.31. The van der Waals surface area contributed by atoms with Gasteiger partial charge in [0.2, 0.25) is 11.3 Å². The summed E-state index contributed by atoms with van der Waals surface area (Å²) in [4.78, 5) is 47.4. The van der Waals surface area contributed by atoms with Crippen molar-refractivity contribution in [1.29, 1.82) is 0 Å². The van der Waals surface area contributed by atoms with Crippen LogP contribution in [0.2, 0.25) is 0 Å². The number of halogens is 1. The summed E-state index contributed by atoms with van der Waals surface area (Å²) in [6.45, 7) is 2.74. The standard InChI is InChI=1S/C14H21NO10.ClH/c1-5(16)9(20)10-11(21,6(2)17)12(22,7(3)18)14(15,24)13(23,25-10)8(4)19;/h9-10,20-24H,15H2,1-4H3;1H/t9?,10-,11-,12+,13+,14-;/m1./s1. The summed E-state index contributed by atoms with van der Waals surface area (Å²) in [6.07, 6.45) is -4.85. The zero-order valence-electron chi connectivity index (χ0n) is 14.4. The zero-order chi connectivity index (χ0) is 20.2. The second-order valence-corrected chi connectivity index (χ2v) is 6.15. The molecule has 6 atom stereocenters. The molecule has 1 fully saturated rings. The number of carbonyl (C=O) groups is 4. The van der Waals surface area contributed by atoms with Crippen molar-refractivity contribution >= 4 is 35.5 Å². The maximum Gasteiger partial charge on any atom is 0.274 e. The molecule has 1 rings (SSSR count). The second-order valence-electron chi connectivity index (χ2n) is 6.15. The third-order valence-corrected chi connectivity index (χ3v) is 4.56. The van der Waals surface area contributed by atoms with Crippen LogP contribution in [0, 0.1) is 0 Å². The van der Waals surface area contributed by atoms with Gasteiger partial charge in [0.25, 0.3) is 5.79 Å².